The summed E-state index contributed by atoms with van der Waals surface area (Å²) in [6, 6.07) is 0. The third-order valence-electron chi connectivity index (χ3n) is 2.05. The first kappa shape index (κ1) is 12.1. The van der Waals surface area contributed by atoms with Crippen LogP contribution in [-0.4, -0.2) is 35.1 Å². The van der Waals surface area contributed by atoms with E-state index in [9.17, 15) is 22.4 Å². The van der Waals surface area contributed by atoms with E-state index in [1.807, 2.05) is 0 Å². The van der Waals surface area contributed by atoms with Crippen LogP contribution in [-0.2, 0) is 9.53 Å². The molecule has 1 N–H and O–H groups in total. The molecule has 0 aromatic carbocycles. The zero-order valence-electron chi connectivity index (χ0n) is 7.42. The van der Waals surface area contributed by atoms with Crippen molar-refractivity contribution in [3.05, 3.63) is 12.7 Å². The number of carbonyl (C=O) groups is 1. The highest BCUT2D eigenvalue weighted by molar-refractivity contribution is 5.92. The number of aliphatic hydroxyl groups excluding tert-OH is 1. The Morgan fingerprint density at radius 2 is 2.07 bits per heavy atom. The topological polar surface area (TPSA) is 46.5 Å². The number of hydrogen-bond acceptors (Lipinski definition) is 3. The van der Waals surface area contributed by atoms with Gasteiger partial charge in [0, 0.05) is 6.42 Å². The lowest BCUT2D eigenvalue weighted by molar-refractivity contribution is -0.478. The van der Waals surface area contributed by atoms with E-state index >= 15 is 0 Å². The Hall–Kier alpha value is -0.950. The van der Waals surface area contributed by atoms with Crippen LogP contribution in [0.1, 0.15) is 6.42 Å². The number of ether oxygens (including phenoxy) is 1. The standard InChI is InChI=1S/C8H8F4O3/c1-2-4(13)5(14)3-6-7(9,10)8(11,12)15-6/h2,5-6,14H,1,3H2. The highest BCUT2D eigenvalue weighted by Gasteiger charge is 2.74. The van der Waals surface area contributed by atoms with Crippen LogP contribution in [0.4, 0.5) is 17.6 Å². The second-order valence-electron chi connectivity index (χ2n) is 3.10. The fourth-order valence-corrected chi connectivity index (χ4v) is 1.11. The van der Waals surface area contributed by atoms with Crippen LogP contribution in [0.5, 0.6) is 0 Å². The van der Waals surface area contributed by atoms with E-state index in [1.54, 1.807) is 0 Å². The van der Waals surface area contributed by atoms with Crippen molar-refractivity contribution >= 4 is 5.78 Å². The number of rotatable bonds is 4. The largest absolute Gasteiger partial charge is 0.422 e. The van der Waals surface area contributed by atoms with Crippen molar-refractivity contribution in [1.29, 1.82) is 0 Å². The van der Waals surface area contributed by atoms with Crippen LogP contribution in [0, 0.1) is 0 Å². The molecular formula is C8H8F4O3. The Kier molecular flexibility index (Phi) is 2.88. The molecule has 0 radical (unpaired) electrons. The Labute approximate surface area is 82.3 Å². The highest BCUT2D eigenvalue weighted by Crippen LogP contribution is 2.51. The minimum atomic E-state index is -4.52. The molecule has 1 aliphatic heterocycles. The molecule has 1 fully saturated rings. The first-order valence-corrected chi connectivity index (χ1v) is 4.00. The first-order valence-electron chi connectivity index (χ1n) is 4.00. The first-order chi connectivity index (χ1) is 6.72. The van der Waals surface area contributed by atoms with Crippen molar-refractivity contribution < 1.29 is 32.2 Å². The van der Waals surface area contributed by atoms with Gasteiger partial charge in [0.05, 0.1) is 0 Å². The van der Waals surface area contributed by atoms with Gasteiger partial charge in [-0.15, -0.1) is 0 Å². The maximum Gasteiger partial charge on any atom is 0.422 e. The molecule has 0 amide bonds. The predicted molar refractivity (Wildman–Crippen MR) is 40.6 cm³/mol. The van der Waals surface area contributed by atoms with Crippen LogP contribution in [0.15, 0.2) is 12.7 Å². The number of alkyl halides is 4. The molecule has 7 heteroatoms. The molecule has 0 saturated carbocycles. The van der Waals surface area contributed by atoms with E-state index in [4.69, 9.17) is 5.11 Å². The molecule has 2 atom stereocenters. The fourth-order valence-electron chi connectivity index (χ4n) is 1.11. The molecule has 0 bridgehead atoms. The summed E-state index contributed by atoms with van der Waals surface area (Å²) in [7, 11) is 0. The van der Waals surface area contributed by atoms with Crippen molar-refractivity contribution in [3.8, 4) is 0 Å². The van der Waals surface area contributed by atoms with E-state index < -0.39 is 36.4 Å². The fraction of sp³-hybridized carbons (Fsp3) is 0.625. The van der Waals surface area contributed by atoms with E-state index in [0.29, 0.717) is 0 Å². The van der Waals surface area contributed by atoms with E-state index in [-0.39, 0.29) is 0 Å². The van der Waals surface area contributed by atoms with Gasteiger partial charge in [0.1, 0.15) is 12.2 Å². The van der Waals surface area contributed by atoms with Gasteiger partial charge < -0.3 is 9.84 Å². The summed E-state index contributed by atoms with van der Waals surface area (Å²) in [6.45, 7) is 3.01. The van der Waals surface area contributed by atoms with Gasteiger partial charge in [0.2, 0.25) is 0 Å². The molecule has 1 heterocycles. The monoisotopic (exact) mass is 228 g/mol. The second kappa shape index (κ2) is 3.57. The zero-order valence-corrected chi connectivity index (χ0v) is 7.42. The molecule has 86 valence electrons. The summed E-state index contributed by atoms with van der Waals surface area (Å²) < 4.78 is 53.0. The van der Waals surface area contributed by atoms with Gasteiger partial charge in [0.25, 0.3) is 0 Å². The maximum atomic E-state index is 12.6. The predicted octanol–water partition coefficient (Wildman–Crippen LogP) is 1.12. The molecule has 1 aliphatic rings. The zero-order chi connectivity index (χ0) is 11.9. The molecule has 1 saturated heterocycles. The quantitative estimate of drug-likeness (QED) is 0.579. The molecule has 1 rings (SSSR count). The lowest BCUT2D eigenvalue weighted by atomic mass is 9.97. The third-order valence-corrected chi connectivity index (χ3v) is 2.05. The number of carbonyl (C=O) groups excluding carboxylic acids is 1. The van der Waals surface area contributed by atoms with Gasteiger partial charge in [-0.2, -0.15) is 17.6 Å². The van der Waals surface area contributed by atoms with Crippen LogP contribution < -0.4 is 0 Å². The number of halogens is 4. The summed E-state index contributed by atoms with van der Waals surface area (Å²) in [4.78, 5) is 10.7. The molecule has 0 spiro atoms. The average Bonchev–Trinajstić information content (AvgIpc) is 2.15. The lowest BCUT2D eigenvalue weighted by Crippen LogP contribution is -2.65. The number of ketones is 1. The van der Waals surface area contributed by atoms with Gasteiger partial charge in [-0.25, -0.2) is 0 Å². The van der Waals surface area contributed by atoms with Crippen molar-refractivity contribution in [3.63, 3.8) is 0 Å². The van der Waals surface area contributed by atoms with Crippen molar-refractivity contribution in [2.75, 3.05) is 0 Å². The van der Waals surface area contributed by atoms with Gasteiger partial charge in [-0.1, -0.05) is 6.58 Å². The minimum absolute atomic E-state index is 0.722. The Balaban J connectivity index is 2.57. The number of aliphatic hydroxyl groups is 1. The smallest absolute Gasteiger partial charge is 0.385 e. The van der Waals surface area contributed by atoms with Crippen molar-refractivity contribution in [2.24, 2.45) is 0 Å². The molecular weight excluding hydrogens is 220 g/mol. The SMILES string of the molecule is C=CC(=O)C(O)CC1OC(F)(F)C1(F)F. The van der Waals surface area contributed by atoms with Crippen LogP contribution >= 0.6 is 0 Å². The molecule has 3 nitrogen and oxygen atoms in total. The summed E-state index contributed by atoms with van der Waals surface area (Å²) >= 11 is 0. The Morgan fingerprint density at radius 1 is 1.53 bits per heavy atom. The van der Waals surface area contributed by atoms with Crippen molar-refractivity contribution in [1.82, 2.24) is 0 Å². The summed E-state index contributed by atoms with van der Waals surface area (Å²) in [5.41, 5.74) is 0. The summed E-state index contributed by atoms with van der Waals surface area (Å²) in [6.07, 6.45) is -8.62. The van der Waals surface area contributed by atoms with Gasteiger partial charge in [-0.05, 0) is 6.08 Å². The van der Waals surface area contributed by atoms with Crippen LogP contribution in [0.25, 0.3) is 0 Å². The second-order valence-corrected chi connectivity index (χ2v) is 3.10. The number of hydrogen-bond donors (Lipinski definition) is 1. The van der Waals surface area contributed by atoms with Crippen molar-refractivity contribution in [2.45, 2.75) is 30.7 Å². The molecule has 0 aliphatic carbocycles. The van der Waals surface area contributed by atoms with Gasteiger partial charge in [0.15, 0.2) is 5.78 Å². The summed E-state index contributed by atoms with van der Waals surface area (Å²) in [5.74, 6) is -5.26. The van der Waals surface area contributed by atoms with Crippen LogP contribution in [0.2, 0.25) is 0 Å². The molecule has 15 heavy (non-hydrogen) atoms. The Morgan fingerprint density at radius 3 is 2.40 bits per heavy atom. The molecule has 2 unspecified atom stereocenters. The average molecular weight is 228 g/mol. The van der Waals surface area contributed by atoms with Gasteiger partial charge >= 0.3 is 12.0 Å². The van der Waals surface area contributed by atoms with E-state index in [0.717, 1.165) is 6.08 Å². The lowest BCUT2D eigenvalue weighted by Gasteiger charge is -2.43. The Bertz CT molecular complexity index is 290. The van der Waals surface area contributed by atoms with Gasteiger partial charge in [-0.3, -0.25) is 4.79 Å². The highest BCUT2D eigenvalue weighted by atomic mass is 19.3. The van der Waals surface area contributed by atoms with E-state index in [1.165, 1.54) is 0 Å². The van der Waals surface area contributed by atoms with Crippen LogP contribution in [0.3, 0.4) is 0 Å². The normalized spacial score (nSPS) is 29.0. The minimum Gasteiger partial charge on any atom is -0.385 e. The third kappa shape index (κ3) is 1.89. The summed E-state index contributed by atoms with van der Waals surface area (Å²) in [5, 5.41) is 8.98. The molecule has 0 aromatic heterocycles. The molecule has 0 aromatic rings. The maximum absolute atomic E-state index is 12.6. The van der Waals surface area contributed by atoms with E-state index in [2.05, 4.69) is 11.3 Å².